The molecule has 1 saturated heterocycles. The molecule has 18 heavy (non-hydrogen) atoms. The summed E-state index contributed by atoms with van der Waals surface area (Å²) in [6, 6.07) is 0. The summed E-state index contributed by atoms with van der Waals surface area (Å²) in [7, 11) is 0. The number of hydrogen-bond donors (Lipinski definition) is 0. The van der Waals surface area contributed by atoms with Crippen molar-refractivity contribution in [3.8, 4) is 0 Å². The van der Waals surface area contributed by atoms with Crippen LogP contribution in [0.5, 0.6) is 0 Å². The first-order chi connectivity index (χ1) is 8.21. The summed E-state index contributed by atoms with van der Waals surface area (Å²) in [4.78, 5) is 5.33. The third-order valence-corrected chi connectivity index (χ3v) is 4.11. The minimum Gasteiger partial charge on any atom is -0.298 e. The SMILES string of the molecule is CC(C)(C)N1CCCCN(C(C)(C)C)CCCC1. The van der Waals surface area contributed by atoms with Crippen LogP contribution in [0.4, 0.5) is 0 Å². The minimum absolute atomic E-state index is 0.336. The first-order valence-electron chi connectivity index (χ1n) is 7.71. The van der Waals surface area contributed by atoms with Crippen molar-refractivity contribution in [2.24, 2.45) is 0 Å². The second-order valence-corrected chi connectivity index (χ2v) is 7.73. The van der Waals surface area contributed by atoms with Gasteiger partial charge >= 0.3 is 0 Å². The van der Waals surface area contributed by atoms with E-state index in [1.54, 1.807) is 0 Å². The number of hydrogen-bond acceptors (Lipinski definition) is 2. The van der Waals surface area contributed by atoms with Crippen LogP contribution in [0.15, 0.2) is 0 Å². The van der Waals surface area contributed by atoms with Gasteiger partial charge in [-0.2, -0.15) is 0 Å². The van der Waals surface area contributed by atoms with Crippen LogP contribution in [-0.4, -0.2) is 47.1 Å². The largest absolute Gasteiger partial charge is 0.298 e. The average Bonchev–Trinajstić information content (AvgIpc) is 2.22. The van der Waals surface area contributed by atoms with E-state index in [0.717, 1.165) is 0 Å². The van der Waals surface area contributed by atoms with Crippen LogP contribution < -0.4 is 0 Å². The summed E-state index contributed by atoms with van der Waals surface area (Å²) in [5, 5.41) is 0. The smallest absolute Gasteiger partial charge is 0.0125 e. The molecule has 0 aromatic rings. The maximum absolute atomic E-state index is 2.67. The summed E-state index contributed by atoms with van der Waals surface area (Å²) >= 11 is 0. The van der Waals surface area contributed by atoms with Crippen molar-refractivity contribution in [3.05, 3.63) is 0 Å². The molecule has 0 unspecified atom stereocenters. The maximum Gasteiger partial charge on any atom is 0.0125 e. The van der Waals surface area contributed by atoms with Gasteiger partial charge in [-0.25, -0.2) is 0 Å². The monoisotopic (exact) mass is 254 g/mol. The van der Waals surface area contributed by atoms with Crippen molar-refractivity contribution in [1.29, 1.82) is 0 Å². The van der Waals surface area contributed by atoms with E-state index in [-0.39, 0.29) is 0 Å². The fraction of sp³-hybridized carbons (Fsp3) is 1.00. The molecule has 0 aliphatic carbocycles. The van der Waals surface area contributed by atoms with Gasteiger partial charge in [0.2, 0.25) is 0 Å². The molecule has 1 aliphatic rings. The normalized spacial score (nSPS) is 23.0. The topological polar surface area (TPSA) is 6.48 Å². The van der Waals surface area contributed by atoms with Gasteiger partial charge in [-0.15, -0.1) is 0 Å². The van der Waals surface area contributed by atoms with Gasteiger partial charge in [0.25, 0.3) is 0 Å². The predicted molar refractivity (Wildman–Crippen MR) is 81.1 cm³/mol. The minimum atomic E-state index is 0.336. The van der Waals surface area contributed by atoms with Crippen LogP contribution in [-0.2, 0) is 0 Å². The van der Waals surface area contributed by atoms with Crippen molar-refractivity contribution >= 4 is 0 Å². The third kappa shape index (κ3) is 5.27. The molecule has 2 nitrogen and oxygen atoms in total. The lowest BCUT2D eigenvalue weighted by Crippen LogP contribution is -2.46. The molecule has 108 valence electrons. The van der Waals surface area contributed by atoms with Crippen LogP contribution in [0.3, 0.4) is 0 Å². The molecular weight excluding hydrogens is 220 g/mol. The fourth-order valence-corrected chi connectivity index (χ4v) is 2.78. The Hall–Kier alpha value is -0.0800. The first-order valence-corrected chi connectivity index (χ1v) is 7.71. The lowest BCUT2D eigenvalue weighted by Gasteiger charge is -2.39. The van der Waals surface area contributed by atoms with E-state index in [1.807, 2.05) is 0 Å². The molecule has 1 fully saturated rings. The summed E-state index contributed by atoms with van der Waals surface area (Å²) in [6.07, 6.45) is 5.35. The number of nitrogens with zero attached hydrogens (tertiary/aromatic N) is 2. The maximum atomic E-state index is 2.67. The van der Waals surface area contributed by atoms with E-state index >= 15 is 0 Å². The second-order valence-electron chi connectivity index (χ2n) is 7.73. The van der Waals surface area contributed by atoms with E-state index in [1.165, 1.54) is 51.9 Å². The Bertz CT molecular complexity index is 196. The molecule has 0 saturated carbocycles. The molecule has 0 radical (unpaired) electrons. The molecule has 0 aromatic carbocycles. The van der Waals surface area contributed by atoms with Crippen molar-refractivity contribution in [3.63, 3.8) is 0 Å². The second kappa shape index (κ2) is 6.38. The zero-order chi connectivity index (χ0) is 13.8. The number of rotatable bonds is 0. The zero-order valence-electron chi connectivity index (χ0n) is 13.6. The van der Waals surface area contributed by atoms with Crippen molar-refractivity contribution in [1.82, 2.24) is 9.80 Å². The van der Waals surface area contributed by atoms with Crippen molar-refractivity contribution in [2.45, 2.75) is 78.3 Å². The van der Waals surface area contributed by atoms with E-state index in [0.29, 0.717) is 11.1 Å². The Kier molecular flexibility index (Phi) is 5.67. The first kappa shape index (κ1) is 16.0. The highest BCUT2D eigenvalue weighted by atomic mass is 15.2. The fourth-order valence-electron chi connectivity index (χ4n) is 2.78. The summed E-state index contributed by atoms with van der Waals surface area (Å²) in [5.41, 5.74) is 0.672. The molecule has 0 spiro atoms. The summed E-state index contributed by atoms with van der Waals surface area (Å²) < 4.78 is 0. The molecular formula is C16H34N2. The van der Waals surface area contributed by atoms with E-state index in [9.17, 15) is 0 Å². The van der Waals surface area contributed by atoms with E-state index in [4.69, 9.17) is 0 Å². The molecule has 0 atom stereocenters. The zero-order valence-corrected chi connectivity index (χ0v) is 13.6. The molecule has 0 aromatic heterocycles. The highest BCUT2D eigenvalue weighted by Gasteiger charge is 2.24. The highest BCUT2D eigenvalue weighted by Crippen LogP contribution is 2.20. The predicted octanol–water partition coefficient (Wildman–Crippen LogP) is 3.76. The van der Waals surface area contributed by atoms with E-state index in [2.05, 4.69) is 51.3 Å². The summed E-state index contributed by atoms with van der Waals surface area (Å²) in [6.45, 7) is 19.1. The molecule has 0 N–H and O–H groups in total. The van der Waals surface area contributed by atoms with Crippen molar-refractivity contribution in [2.75, 3.05) is 26.2 Å². The molecule has 0 amide bonds. The Balaban J connectivity index is 2.51. The van der Waals surface area contributed by atoms with Gasteiger partial charge in [0.1, 0.15) is 0 Å². The molecule has 1 rings (SSSR count). The Labute approximate surface area is 115 Å². The quantitative estimate of drug-likeness (QED) is 0.649. The highest BCUT2D eigenvalue weighted by molar-refractivity contribution is 4.80. The average molecular weight is 254 g/mol. The molecule has 2 heteroatoms. The Morgan fingerprint density at radius 1 is 0.500 bits per heavy atom. The van der Waals surface area contributed by atoms with Gasteiger partial charge < -0.3 is 0 Å². The standard InChI is InChI=1S/C16H34N2/c1-15(2,3)17-11-7-9-13-18(16(4,5)6)14-10-8-12-17/h7-14H2,1-6H3. The van der Waals surface area contributed by atoms with Crippen LogP contribution in [0.2, 0.25) is 0 Å². The van der Waals surface area contributed by atoms with Gasteiger partial charge in [-0.05, 0) is 93.4 Å². The Morgan fingerprint density at radius 3 is 0.889 bits per heavy atom. The third-order valence-electron chi connectivity index (χ3n) is 4.11. The molecule has 0 bridgehead atoms. The van der Waals surface area contributed by atoms with Gasteiger partial charge in [0.15, 0.2) is 0 Å². The van der Waals surface area contributed by atoms with Gasteiger partial charge in [-0.3, -0.25) is 9.80 Å². The molecule has 1 heterocycles. The molecule has 1 aliphatic heterocycles. The van der Waals surface area contributed by atoms with Gasteiger partial charge in [-0.1, -0.05) is 0 Å². The summed E-state index contributed by atoms with van der Waals surface area (Å²) in [5.74, 6) is 0. The van der Waals surface area contributed by atoms with Crippen LogP contribution in [0, 0.1) is 0 Å². The van der Waals surface area contributed by atoms with Gasteiger partial charge in [0, 0.05) is 11.1 Å². The lowest BCUT2D eigenvalue weighted by molar-refractivity contribution is 0.0954. The Morgan fingerprint density at radius 2 is 0.722 bits per heavy atom. The van der Waals surface area contributed by atoms with Crippen LogP contribution in [0.25, 0.3) is 0 Å². The van der Waals surface area contributed by atoms with Crippen molar-refractivity contribution < 1.29 is 0 Å². The van der Waals surface area contributed by atoms with Gasteiger partial charge in [0.05, 0.1) is 0 Å². The van der Waals surface area contributed by atoms with Crippen LogP contribution >= 0.6 is 0 Å². The lowest BCUT2D eigenvalue weighted by atomic mass is 10.0. The van der Waals surface area contributed by atoms with E-state index < -0.39 is 0 Å². The van der Waals surface area contributed by atoms with Crippen LogP contribution in [0.1, 0.15) is 67.2 Å².